The van der Waals surface area contributed by atoms with Gasteiger partial charge in [-0.25, -0.2) is 0 Å². The maximum atomic E-state index is 6.19. The first-order chi connectivity index (χ1) is 8.39. The summed E-state index contributed by atoms with van der Waals surface area (Å²) in [7, 11) is -0.180. The molecule has 0 spiro atoms. The third-order valence-electron chi connectivity index (χ3n) is 5.30. The predicted molar refractivity (Wildman–Crippen MR) is 71.3 cm³/mol. The summed E-state index contributed by atoms with van der Waals surface area (Å²) in [6, 6.07) is 0.138. The maximum Gasteiger partial charge on any atom is 0.488 e. The van der Waals surface area contributed by atoms with Gasteiger partial charge in [0.1, 0.15) is 0 Å². The standard InChI is InChI=1S/C14H25BO3/c1-13(2)14(3,4)18-15(17-13)12-9-10-7-5-6-8-11(10)16-12/h10-12H,5-9H2,1-4H3/t10-,11-,12-/m1/s1. The lowest BCUT2D eigenvalue weighted by Crippen LogP contribution is -2.41. The monoisotopic (exact) mass is 252 g/mol. The van der Waals surface area contributed by atoms with E-state index >= 15 is 0 Å². The SMILES string of the molecule is CC1(C)OB([C@H]2C[C@H]3CCCC[C@H]3O2)OC1(C)C. The van der Waals surface area contributed by atoms with Crippen LogP contribution in [0.1, 0.15) is 59.8 Å². The molecule has 0 N–H and O–H groups in total. The fraction of sp³-hybridized carbons (Fsp3) is 1.00. The van der Waals surface area contributed by atoms with Gasteiger partial charge in [0.2, 0.25) is 0 Å². The molecule has 0 bridgehead atoms. The van der Waals surface area contributed by atoms with E-state index in [9.17, 15) is 0 Å². The van der Waals surface area contributed by atoms with E-state index in [0.29, 0.717) is 6.10 Å². The minimum Gasteiger partial charge on any atom is -0.402 e. The molecule has 1 aliphatic carbocycles. The highest BCUT2D eigenvalue weighted by Crippen LogP contribution is 2.43. The summed E-state index contributed by atoms with van der Waals surface area (Å²) in [5, 5.41) is 0. The third-order valence-corrected chi connectivity index (χ3v) is 5.30. The van der Waals surface area contributed by atoms with Gasteiger partial charge in [-0.2, -0.15) is 0 Å². The Morgan fingerprint density at radius 1 is 0.944 bits per heavy atom. The molecule has 3 nitrogen and oxygen atoms in total. The quantitative estimate of drug-likeness (QED) is 0.671. The minimum absolute atomic E-state index is 0.138. The van der Waals surface area contributed by atoms with Crippen LogP contribution in [0.5, 0.6) is 0 Å². The van der Waals surface area contributed by atoms with Gasteiger partial charge in [0.15, 0.2) is 0 Å². The van der Waals surface area contributed by atoms with Gasteiger partial charge in [-0.3, -0.25) is 0 Å². The van der Waals surface area contributed by atoms with E-state index in [1.807, 2.05) is 0 Å². The molecule has 2 saturated heterocycles. The van der Waals surface area contributed by atoms with Gasteiger partial charge >= 0.3 is 7.12 Å². The fourth-order valence-electron chi connectivity index (χ4n) is 3.42. The lowest BCUT2D eigenvalue weighted by atomic mass is 9.75. The van der Waals surface area contributed by atoms with Crippen molar-refractivity contribution >= 4 is 7.12 Å². The van der Waals surface area contributed by atoms with Crippen LogP contribution in [0.15, 0.2) is 0 Å². The Hall–Kier alpha value is -0.0551. The van der Waals surface area contributed by atoms with Crippen LogP contribution < -0.4 is 0 Å². The van der Waals surface area contributed by atoms with Crippen LogP contribution >= 0.6 is 0 Å². The predicted octanol–water partition coefficient (Wildman–Crippen LogP) is 2.97. The highest BCUT2D eigenvalue weighted by atomic mass is 16.7. The summed E-state index contributed by atoms with van der Waals surface area (Å²) < 4.78 is 18.4. The van der Waals surface area contributed by atoms with Crippen LogP contribution in [0.3, 0.4) is 0 Å². The molecule has 2 heterocycles. The summed E-state index contributed by atoms with van der Waals surface area (Å²) in [4.78, 5) is 0. The zero-order valence-electron chi connectivity index (χ0n) is 12.1. The van der Waals surface area contributed by atoms with Crippen LogP contribution in [0.2, 0.25) is 0 Å². The van der Waals surface area contributed by atoms with Crippen molar-refractivity contribution in [1.29, 1.82) is 0 Å². The summed E-state index contributed by atoms with van der Waals surface area (Å²) >= 11 is 0. The third kappa shape index (κ3) is 2.02. The summed E-state index contributed by atoms with van der Waals surface area (Å²) in [5.41, 5.74) is -0.483. The second kappa shape index (κ2) is 4.22. The lowest BCUT2D eigenvalue weighted by molar-refractivity contribution is 0.00578. The number of hydrogen-bond acceptors (Lipinski definition) is 3. The van der Waals surface area contributed by atoms with Crippen molar-refractivity contribution in [3.05, 3.63) is 0 Å². The van der Waals surface area contributed by atoms with Crippen molar-refractivity contribution in [1.82, 2.24) is 0 Å². The Morgan fingerprint density at radius 3 is 2.17 bits per heavy atom. The molecule has 3 fully saturated rings. The van der Waals surface area contributed by atoms with Gasteiger partial charge in [-0.1, -0.05) is 12.8 Å². The molecule has 0 radical (unpaired) electrons. The van der Waals surface area contributed by atoms with Crippen LogP contribution in [-0.2, 0) is 14.0 Å². The Labute approximate surface area is 111 Å². The minimum atomic E-state index is -0.241. The molecule has 3 atom stereocenters. The van der Waals surface area contributed by atoms with Crippen LogP contribution in [0.4, 0.5) is 0 Å². The van der Waals surface area contributed by atoms with Crippen molar-refractivity contribution < 1.29 is 14.0 Å². The van der Waals surface area contributed by atoms with Crippen molar-refractivity contribution in [2.45, 2.75) is 83.1 Å². The summed E-state index contributed by atoms with van der Waals surface area (Å²) in [6.07, 6.45) is 6.79. The van der Waals surface area contributed by atoms with Crippen molar-refractivity contribution in [2.24, 2.45) is 5.92 Å². The van der Waals surface area contributed by atoms with E-state index in [0.717, 1.165) is 12.3 Å². The zero-order chi connectivity index (χ0) is 13.0. The number of rotatable bonds is 1. The molecule has 3 rings (SSSR count). The van der Waals surface area contributed by atoms with Crippen molar-refractivity contribution in [2.75, 3.05) is 0 Å². The zero-order valence-corrected chi connectivity index (χ0v) is 12.1. The van der Waals surface area contributed by atoms with Gasteiger partial charge in [0, 0.05) is 0 Å². The highest BCUT2D eigenvalue weighted by Gasteiger charge is 2.56. The molecule has 0 unspecified atom stereocenters. The van der Waals surface area contributed by atoms with E-state index in [-0.39, 0.29) is 24.3 Å². The average molecular weight is 252 g/mol. The topological polar surface area (TPSA) is 27.7 Å². The van der Waals surface area contributed by atoms with Crippen LogP contribution in [0.25, 0.3) is 0 Å². The Bertz CT molecular complexity index is 299. The molecule has 2 aliphatic heterocycles. The Kier molecular flexibility index (Phi) is 3.04. The summed E-state index contributed by atoms with van der Waals surface area (Å²) in [5.74, 6) is 0.739. The molecule has 102 valence electrons. The number of hydrogen-bond donors (Lipinski definition) is 0. The lowest BCUT2D eigenvalue weighted by Gasteiger charge is -2.32. The maximum absolute atomic E-state index is 6.19. The molecule has 18 heavy (non-hydrogen) atoms. The fourth-order valence-corrected chi connectivity index (χ4v) is 3.42. The smallest absolute Gasteiger partial charge is 0.402 e. The molecule has 0 amide bonds. The molecule has 0 aromatic carbocycles. The molecule has 1 saturated carbocycles. The first kappa shape index (κ1) is 13.0. The Morgan fingerprint density at radius 2 is 1.56 bits per heavy atom. The molecule has 0 aromatic heterocycles. The molecule has 3 aliphatic rings. The normalized spacial score (nSPS) is 42.0. The van der Waals surface area contributed by atoms with Crippen molar-refractivity contribution in [3.8, 4) is 0 Å². The summed E-state index contributed by atoms with van der Waals surface area (Å²) in [6.45, 7) is 8.42. The second-order valence-electron chi connectivity index (χ2n) is 7.12. The number of ether oxygens (including phenoxy) is 1. The second-order valence-corrected chi connectivity index (χ2v) is 7.12. The average Bonchev–Trinajstić information content (AvgIpc) is 2.78. The first-order valence-electron chi connectivity index (χ1n) is 7.40. The molecular weight excluding hydrogens is 227 g/mol. The first-order valence-corrected chi connectivity index (χ1v) is 7.40. The van der Waals surface area contributed by atoms with Gasteiger partial charge in [0.25, 0.3) is 0 Å². The van der Waals surface area contributed by atoms with Crippen molar-refractivity contribution in [3.63, 3.8) is 0 Å². The van der Waals surface area contributed by atoms with Crippen LogP contribution in [0, 0.1) is 5.92 Å². The van der Waals surface area contributed by atoms with E-state index in [2.05, 4.69) is 27.7 Å². The highest BCUT2D eigenvalue weighted by molar-refractivity contribution is 6.47. The molecule has 4 heteroatoms. The van der Waals surface area contributed by atoms with E-state index in [4.69, 9.17) is 14.0 Å². The number of fused-ring (bicyclic) bond motifs is 1. The van der Waals surface area contributed by atoms with Gasteiger partial charge < -0.3 is 14.0 Å². The molecule has 0 aromatic rings. The van der Waals surface area contributed by atoms with Gasteiger partial charge in [-0.15, -0.1) is 0 Å². The molecular formula is C14H25BO3. The van der Waals surface area contributed by atoms with Gasteiger partial charge in [-0.05, 0) is 52.9 Å². The van der Waals surface area contributed by atoms with Gasteiger partial charge in [0.05, 0.1) is 23.3 Å². The van der Waals surface area contributed by atoms with E-state index < -0.39 is 0 Å². The Balaban J connectivity index is 1.67. The van der Waals surface area contributed by atoms with E-state index in [1.165, 1.54) is 25.7 Å². The van der Waals surface area contributed by atoms with E-state index in [1.54, 1.807) is 0 Å². The van der Waals surface area contributed by atoms with Crippen LogP contribution in [-0.4, -0.2) is 30.4 Å². The largest absolute Gasteiger partial charge is 0.488 e.